The number of hydrogen-bond donors (Lipinski definition) is 1. The molecule has 2 fully saturated rings. The van der Waals surface area contributed by atoms with E-state index in [2.05, 4.69) is 18.7 Å². The number of ether oxygens (including phenoxy) is 2. The van der Waals surface area contributed by atoms with Crippen LogP contribution in [0.4, 0.5) is 11.4 Å². The van der Waals surface area contributed by atoms with Crippen LogP contribution in [0.1, 0.15) is 20.3 Å². The summed E-state index contributed by atoms with van der Waals surface area (Å²) < 4.78 is 11.9. The van der Waals surface area contributed by atoms with Gasteiger partial charge in [0.1, 0.15) is 17.6 Å². The van der Waals surface area contributed by atoms with Crippen molar-refractivity contribution in [1.29, 1.82) is 0 Å². The molecule has 1 aromatic carbocycles. The van der Waals surface area contributed by atoms with Crippen LogP contribution < -0.4 is 9.80 Å². The van der Waals surface area contributed by atoms with E-state index in [0.717, 1.165) is 18.8 Å². The summed E-state index contributed by atoms with van der Waals surface area (Å²) in [4.78, 5) is 46.1. The number of amides is 2. The van der Waals surface area contributed by atoms with Crippen molar-refractivity contribution >= 4 is 29.2 Å². The van der Waals surface area contributed by atoms with Crippen LogP contribution in [0.25, 0.3) is 0 Å². The third-order valence-corrected chi connectivity index (χ3v) is 7.75. The molecule has 4 aliphatic heterocycles. The minimum atomic E-state index is -1.32. The van der Waals surface area contributed by atoms with E-state index in [1.165, 1.54) is 4.90 Å². The largest absolute Gasteiger partial charge is 0.465 e. The third-order valence-electron chi connectivity index (χ3n) is 7.75. The lowest BCUT2D eigenvalue weighted by Crippen LogP contribution is -2.55. The van der Waals surface area contributed by atoms with Crippen molar-refractivity contribution in [3.8, 4) is 0 Å². The maximum atomic E-state index is 14.1. The monoisotopic (exact) mass is 495 g/mol. The maximum absolute atomic E-state index is 14.1. The highest BCUT2D eigenvalue weighted by Gasteiger charge is 2.71. The van der Waals surface area contributed by atoms with Crippen LogP contribution in [0, 0.1) is 11.8 Å². The highest BCUT2D eigenvalue weighted by molar-refractivity contribution is 6.05. The van der Waals surface area contributed by atoms with Crippen molar-refractivity contribution < 1.29 is 29.0 Å². The number of likely N-dealkylation sites (tertiary alicyclic amines) is 1. The van der Waals surface area contributed by atoms with Crippen LogP contribution in [-0.4, -0.2) is 84.9 Å². The Morgan fingerprint density at radius 3 is 2.53 bits per heavy atom. The molecular formula is C27H33N3O6. The summed E-state index contributed by atoms with van der Waals surface area (Å²) in [5.74, 6) is -2.91. The molecule has 1 aromatic rings. The van der Waals surface area contributed by atoms with Gasteiger partial charge in [0.25, 0.3) is 5.91 Å². The molecule has 0 aliphatic carbocycles. The summed E-state index contributed by atoms with van der Waals surface area (Å²) >= 11 is 0. The lowest BCUT2D eigenvalue weighted by Gasteiger charge is -2.35. The highest BCUT2D eigenvalue weighted by Crippen LogP contribution is 2.53. The molecule has 4 heterocycles. The molecule has 0 radical (unpaired) electrons. The number of nitrogens with zero attached hydrogens (tertiary/aromatic N) is 3. The van der Waals surface area contributed by atoms with E-state index in [1.54, 1.807) is 11.0 Å². The Morgan fingerprint density at radius 2 is 1.83 bits per heavy atom. The fourth-order valence-corrected chi connectivity index (χ4v) is 6.12. The van der Waals surface area contributed by atoms with Gasteiger partial charge in [-0.1, -0.05) is 24.3 Å². The van der Waals surface area contributed by atoms with Crippen LogP contribution in [-0.2, 0) is 23.9 Å². The van der Waals surface area contributed by atoms with Gasteiger partial charge >= 0.3 is 5.97 Å². The van der Waals surface area contributed by atoms with E-state index in [9.17, 15) is 19.5 Å². The molecule has 1 N–H and O–H groups in total. The molecule has 5 atom stereocenters. The van der Waals surface area contributed by atoms with Crippen LogP contribution in [0.3, 0.4) is 0 Å². The number of fused-ring (bicyclic) bond motifs is 2. The van der Waals surface area contributed by atoms with Gasteiger partial charge in [-0.05, 0) is 44.5 Å². The Hall–Kier alpha value is -3.17. The quantitative estimate of drug-likeness (QED) is 0.472. The Morgan fingerprint density at radius 1 is 1.08 bits per heavy atom. The number of aliphatic hydroxyl groups excluding tert-OH is 1. The van der Waals surface area contributed by atoms with Gasteiger partial charge in [0, 0.05) is 37.6 Å². The summed E-state index contributed by atoms with van der Waals surface area (Å²) in [6.07, 6.45) is 7.22. The first-order chi connectivity index (χ1) is 17.5. The Labute approximate surface area is 210 Å². The van der Waals surface area contributed by atoms with E-state index < -0.39 is 35.6 Å². The van der Waals surface area contributed by atoms with E-state index in [4.69, 9.17) is 9.47 Å². The zero-order chi connectivity index (χ0) is 25.4. The topological polar surface area (TPSA) is 99.6 Å². The van der Waals surface area contributed by atoms with Gasteiger partial charge in [0.05, 0.1) is 25.2 Å². The van der Waals surface area contributed by atoms with Crippen molar-refractivity contribution in [2.24, 2.45) is 11.8 Å². The molecule has 4 aliphatic rings. The molecule has 9 nitrogen and oxygen atoms in total. The molecule has 36 heavy (non-hydrogen) atoms. The lowest BCUT2D eigenvalue weighted by atomic mass is 9.77. The number of benzene rings is 1. The SMILES string of the molecule is CCN(CC)c1ccc(N2CC=C[C@]34O[C@@H]5C=CCCOC(=O)[C@@H]5[C@H]3C(=O)N(CCO)C4C2=O)cc1. The fraction of sp³-hybridized carbons (Fsp3) is 0.519. The van der Waals surface area contributed by atoms with Gasteiger partial charge in [-0.15, -0.1) is 0 Å². The third kappa shape index (κ3) is 3.72. The molecule has 1 unspecified atom stereocenters. The summed E-state index contributed by atoms with van der Waals surface area (Å²) in [6, 6.07) is 6.79. The molecule has 0 saturated carbocycles. The summed E-state index contributed by atoms with van der Waals surface area (Å²) in [6.45, 7) is 6.15. The number of cyclic esters (lactones) is 1. The van der Waals surface area contributed by atoms with Crippen molar-refractivity contribution in [2.45, 2.75) is 38.0 Å². The normalized spacial score (nSPS) is 31.4. The van der Waals surface area contributed by atoms with Gasteiger partial charge in [0.15, 0.2) is 0 Å². The lowest BCUT2D eigenvalue weighted by molar-refractivity contribution is -0.154. The zero-order valence-electron chi connectivity index (χ0n) is 20.7. The van der Waals surface area contributed by atoms with Crippen molar-refractivity contribution in [1.82, 2.24) is 4.90 Å². The number of hydrogen-bond acceptors (Lipinski definition) is 7. The summed E-state index contributed by atoms with van der Waals surface area (Å²) in [5, 5.41) is 9.75. The van der Waals surface area contributed by atoms with E-state index in [0.29, 0.717) is 18.7 Å². The number of carbonyl (C=O) groups is 3. The predicted molar refractivity (Wildman–Crippen MR) is 133 cm³/mol. The van der Waals surface area contributed by atoms with E-state index in [1.807, 2.05) is 42.5 Å². The summed E-state index contributed by atoms with van der Waals surface area (Å²) in [7, 11) is 0. The first kappa shape index (κ1) is 24.5. The second-order valence-corrected chi connectivity index (χ2v) is 9.52. The fourth-order valence-electron chi connectivity index (χ4n) is 6.12. The maximum Gasteiger partial charge on any atom is 0.312 e. The molecule has 0 aromatic heterocycles. The van der Waals surface area contributed by atoms with Crippen molar-refractivity contribution in [3.63, 3.8) is 0 Å². The Kier molecular flexibility index (Phi) is 6.61. The number of esters is 1. The number of rotatable bonds is 6. The van der Waals surface area contributed by atoms with Crippen molar-refractivity contribution in [3.05, 3.63) is 48.6 Å². The van der Waals surface area contributed by atoms with Crippen molar-refractivity contribution in [2.75, 3.05) is 49.2 Å². The number of aliphatic hydroxyl groups is 1. The molecule has 5 rings (SSSR count). The smallest absolute Gasteiger partial charge is 0.312 e. The predicted octanol–water partition coefficient (Wildman–Crippen LogP) is 1.51. The van der Waals surface area contributed by atoms with Crippen LogP contribution in [0.2, 0.25) is 0 Å². The molecule has 1 spiro atoms. The average molecular weight is 496 g/mol. The van der Waals surface area contributed by atoms with Crippen LogP contribution >= 0.6 is 0 Å². The first-order valence-electron chi connectivity index (χ1n) is 12.7. The molecule has 0 bridgehead atoms. The minimum absolute atomic E-state index is 0.0261. The van der Waals surface area contributed by atoms with Gasteiger partial charge in [0.2, 0.25) is 5.91 Å². The molecule has 9 heteroatoms. The average Bonchev–Trinajstić information content (AvgIpc) is 3.24. The first-order valence-corrected chi connectivity index (χ1v) is 12.7. The Balaban J connectivity index is 1.54. The number of anilines is 2. The van der Waals surface area contributed by atoms with E-state index >= 15 is 0 Å². The second-order valence-electron chi connectivity index (χ2n) is 9.52. The number of carbonyl (C=O) groups excluding carboxylic acids is 3. The second kappa shape index (κ2) is 9.71. The molecule has 192 valence electrons. The van der Waals surface area contributed by atoms with Gasteiger partial charge in [-0.3, -0.25) is 14.4 Å². The van der Waals surface area contributed by atoms with Gasteiger partial charge in [-0.25, -0.2) is 0 Å². The van der Waals surface area contributed by atoms with Crippen LogP contribution in [0.15, 0.2) is 48.6 Å². The Bertz CT molecular complexity index is 1080. The molecule has 2 saturated heterocycles. The highest BCUT2D eigenvalue weighted by atomic mass is 16.6. The van der Waals surface area contributed by atoms with E-state index in [-0.39, 0.29) is 31.6 Å². The number of β-amino-alcohol motifs (C(OH)–C–C–N with tert-alkyl or cyclic N) is 1. The zero-order valence-corrected chi connectivity index (χ0v) is 20.7. The standard InChI is InChI=1S/C27H33N3O6/c1-3-28(4-2)18-9-11-19(12-10-18)29-14-7-13-27-22(24(32)30(15-16-31)23(27)25(29)33)21-20(36-27)8-5-6-17-35-26(21)34/h5,7-13,20-23,31H,3-4,6,14-17H2,1-2H3/t20-,21+,22+,23?,27+/m1/s1. The van der Waals surface area contributed by atoms with Gasteiger partial charge < -0.3 is 29.3 Å². The minimum Gasteiger partial charge on any atom is -0.465 e. The molecular weight excluding hydrogens is 462 g/mol. The van der Waals surface area contributed by atoms with Gasteiger partial charge in [-0.2, -0.15) is 0 Å². The summed E-state index contributed by atoms with van der Waals surface area (Å²) in [5.41, 5.74) is 0.458. The van der Waals surface area contributed by atoms with Crippen LogP contribution in [0.5, 0.6) is 0 Å². The molecule has 2 amide bonds.